The van der Waals surface area contributed by atoms with Gasteiger partial charge < -0.3 is 0 Å². The Morgan fingerprint density at radius 1 is 0.679 bits per heavy atom. The molecule has 2 aromatic rings. The van der Waals surface area contributed by atoms with E-state index in [0.717, 1.165) is 25.7 Å². The van der Waals surface area contributed by atoms with Crippen molar-refractivity contribution in [2.45, 2.75) is 25.7 Å². The molecule has 2 N–H and O–H groups in total. The van der Waals surface area contributed by atoms with Crippen LogP contribution in [0.25, 0.3) is 0 Å². The number of hydrogen-bond acceptors (Lipinski definition) is 4. The molecule has 1 aliphatic rings. The Morgan fingerprint density at radius 2 is 1.04 bits per heavy atom. The molecule has 3 rings (SSSR count). The fraction of sp³-hybridized carbons (Fsp3) is 0.273. The Kier molecular flexibility index (Phi) is 7.07. The molecule has 144 valence electrons. The van der Waals surface area contributed by atoms with Crippen molar-refractivity contribution in [3.63, 3.8) is 0 Å². The molecule has 1 fully saturated rings. The van der Waals surface area contributed by atoms with Crippen molar-refractivity contribution in [1.82, 2.24) is 10.9 Å². The first-order chi connectivity index (χ1) is 13.7. The lowest BCUT2D eigenvalue weighted by Crippen LogP contribution is -2.22. The SMILES string of the molecule is O=C(N/N=C/C1CCC(/C=N/NC(=O)c2ccccc2)CC1)c1ccccc1. The van der Waals surface area contributed by atoms with Crippen molar-refractivity contribution in [3.8, 4) is 0 Å². The molecule has 1 aliphatic carbocycles. The summed E-state index contributed by atoms with van der Waals surface area (Å²) in [5.41, 5.74) is 6.34. The molecule has 6 heteroatoms. The van der Waals surface area contributed by atoms with Crippen molar-refractivity contribution >= 4 is 24.2 Å². The highest BCUT2D eigenvalue weighted by Crippen LogP contribution is 2.26. The summed E-state index contributed by atoms with van der Waals surface area (Å²) in [6, 6.07) is 18.1. The number of carbonyl (C=O) groups is 2. The average molecular weight is 376 g/mol. The van der Waals surface area contributed by atoms with E-state index < -0.39 is 0 Å². The molecule has 0 unspecified atom stereocenters. The molecule has 2 aromatic carbocycles. The maximum Gasteiger partial charge on any atom is 0.271 e. The predicted octanol–water partition coefficient (Wildman–Crippen LogP) is 3.62. The van der Waals surface area contributed by atoms with Gasteiger partial charge in [-0.15, -0.1) is 0 Å². The maximum atomic E-state index is 11.9. The standard InChI is InChI=1S/C22H24N4O2/c27-21(19-7-3-1-4-8-19)25-23-15-17-11-13-18(14-12-17)16-24-26-22(28)20-9-5-2-6-10-20/h1-10,15-18H,11-14H2,(H,25,27)(H,26,28)/b23-15+,24-16+. The smallest absolute Gasteiger partial charge is 0.267 e. The minimum absolute atomic E-state index is 0.202. The van der Waals surface area contributed by atoms with E-state index in [1.54, 1.807) is 24.3 Å². The normalized spacial score (nSPS) is 19.6. The second-order valence-corrected chi connectivity index (χ2v) is 6.85. The van der Waals surface area contributed by atoms with Gasteiger partial charge in [0.1, 0.15) is 0 Å². The van der Waals surface area contributed by atoms with Gasteiger partial charge in [-0.1, -0.05) is 36.4 Å². The van der Waals surface area contributed by atoms with Gasteiger partial charge in [0, 0.05) is 23.6 Å². The molecule has 0 heterocycles. The van der Waals surface area contributed by atoms with Crippen LogP contribution in [0.4, 0.5) is 0 Å². The summed E-state index contributed by atoms with van der Waals surface area (Å²) >= 11 is 0. The number of nitrogens with zero attached hydrogens (tertiary/aromatic N) is 2. The molecule has 2 amide bonds. The van der Waals surface area contributed by atoms with E-state index in [1.165, 1.54) is 0 Å². The number of hydrogen-bond donors (Lipinski definition) is 2. The predicted molar refractivity (Wildman–Crippen MR) is 110 cm³/mol. The Labute approximate surface area is 164 Å². The first-order valence-electron chi connectivity index (χ1n) is 9.49. The van der Waals surface area contributed by atoms with Crippen LogP contribution in [0.5, 0.6) is 0 Å². The summed E-state index contributed by atoms with van der Waals surface area (Å²) in [7, 11) is 0. The number of hydrazone groups is 2. The van der Waals surface area contributed by atoms with E-state index in [9.17, 15) is 9.59 Å². The minimum atomic E-state index is -0.202. The van der Waals surface area contributed by atoms with E-state index in [0.29, 0.717) is 23.0 Å². The van der Waals surface area contributed by atoms with Crippen LogP contribution in [0.2, 0.25) is 0 Å². The summed E-state index contributed by atoms with van der Waals surface area (Å²) in [4.78, 5) is 23.9. The lowest BCUT2D eigenvalue weighted by molar-refractivity contribution is 0.0946. The zero-order valence-electron chi connectivity index (χ0n) is 15.6. The summed E-state index contributed by atoms with van der Waals surface area (Å²) in [6.45, 7) is 0. The van der Waals surface area contributed by atoms with Gasteiger partial charge in [0.2, 0.25) is 0 Å². The van der Waals surface area contributed by atoms with Crippen LogP contribution in [0.3, 0.4) is 0 Å². The number of carbonyl (C=O) groups excluding carboxylic acids is 2. The monoisotopic (exact) mass is 376 g/mol. The molecule has 0 spiro atoms. The fourth-order valence-electron chi connectivity index (χ4n) is 3.15. The third kappa shape index (κ3) is 5.87. The molecule has 0 aromatic heterocycles. The van der Waals surface area contributed by atoms with Crippen molar-refractivity contribution < 1.29 is 9.59 Å². The Balaban J connectivity index is 1.37. The lowest BCUT2D eigenvalue weighted by Gasteiger charge is -2.23. The quantitative estimate of drug-likeness (QED) is 0.596. The first-order valence-corrected chi connectivity index (χ1v) is 9.49. The molecule has 0 radical (unpaired) electrons. The third-order valence-corrected chi connectivity index (χ3v) is 4.79. The van der Waals surface area contributed by atoms with Gasteiger partial charge in [0.25, 0.3) is 11.8 Å². The maximum absolute atomic E-state index is 11.9. The topological polar surface area (TPSA) is 82.9 Å². The van der Waals surface area contributed by atoms with Gasteiger partial charge in [-0.25, -0.2) is 10.9 Å². The molecule has 6 nitrogen and oxygen atoms in total. The molecule has 0 atom stereocenters. The van der Waals surface area contributed by atoms with E-state index in [-0.39, 0.29) is 11.8 Å². The van der Waals surface area contributed by atoms with E-state index in [1.807, 2.05) is 48.8 Å². The zero-order chi connectivity index (χ0) is 19.6. The highest BCUT2D eigenvalue weighted by atomic mass is 16.2. The molecule has 0 aliphatic heterocycles. The van der Waals surface area contributed by atoms with Crippen molar-refractivity contribution in [1.29, 1.82) is 0 Å². The van der Waals surface area contributed by atoms with Gasteiger partial charge in [0.05, 0.1) is 0 Å². The third-order valence-electron chi connectivity index (χ3n) is 4.79. The van der Waals surface area contributed by atoms with Crippen LogP contribution >= 0.6 is 0 Å². The second kappa shape index (κ2) is 10.2. The van der Waals surface area contributed by atoms with E-state index >= 15 is 0 Å². The highest BCUT2D eigenvalue weighted by Gasteiger charge is 2.19. The average Bonchev–Trinajstić information content (AvgIpc) is 2.76. The van der Waals surface area contributed by atoms with Crippen LogP contribution in [0.15, 0.2) is 70.9 Å². The van der Waals surface area contributed by atoms with E-state index in [2.05, 4.69) is 21.1 Å². The van der Waals surface area contributed by atoms with E-state index in [4.69, 9.17) is 0 Å². The number of benzene rings is 2. The zero-order valence-corrected chi connectivity index (χ0v) is 15.6. The van der Waals surface area contributed by atoms with Crippen molar-refractivity contribution in [2.75, 3.05) is 0 Å². The number of nitrogens with one attached hydrogen (secondary N) is 2. The summed E-state index contributed by atoms with van der Waals surface area (Å²) in [5.74, 6) is 0.290. The van der Waals surface area contributed by atoms with Gasteiger partial charge in [0.15, 0.2) is 0 Å². The van der Waals surface area contributed by atoms with Crippen LogP contribution in [0, 0.1) is 11.8 Å². The Morgan fingerprint density at radius 3 is 1.39 bits per heavy atom. The lowest BCUT2D eigenvalue weighted by atomic mass is 9.83. The fourth-order valence-corrected chi connectivity index (χ4v) is 3.15. The Hall–Kier alpha value is -3.28. The van der Waals surface area contributed by atoms with Gasteiger partial charge in [-0.3, -0.25) is 9.59 Å². The van der Waals surface area contributed by atoms with Crippen molar-refractivity contribution in [3.05, 3.63) is 71.8 Å². The summed E-state index contributed by atoms with van der Waals surface area (Å²) in [5, 5.41) is 8.20. The first kappa shape index (κ1) is 19.5. The Bertz CT molecular complexity index is 755. The van der Waals surface area contributed by atoms with Gasteiger partial charge in [-0.05, 0) is 61.8 Å². The molecule has 28 heavy (non-hydrogen) atoms. The molecule has 1 saturated carbocycles. The van der Waals surface area contributed by atoms with Gasteiger partial charge >= 0.3 is 0 Å². The van der Waals surface area contributed by atoms with Crippen LogP contribution in [-0.2, 0) is 0 Å². The molecule has 0 bridgehead atoms. The second-order valence-electron chi connectivity index (χ2n) is 6.85. The molecular weight excluding hydrogens is 352 g/mol. The van der Waals surface area contributed by atoms with Crippen LogP contribution in [-0.4, -0.2) is 24.2 Å². The summed E-state index contributed by atoms with van der Waals surface area (Å²) < 4.78 is 0. The number of rotatable bonds is 6. The van der Waals surface area contributed by atoms with Gasteiger partial charge in [-0.2, -0.15) is 10.2 Å². The summed E-state index contributed by atoms with van der Waals surface area (Å²) in [6.07, 6.45) is 7.57. The highest BCUT2D eigenvalue weighted by molar-refractivity contribution is 5.94. The van der Waals surface area contributed by atoms with Crippen molar-refractivity contribution in [2.24, 2.45) is 22.0 Å². The molecule has 0 saturated heterocycles. The van der Waals surface area contributed by atoms with Crippen LogP contribution < -0.4 is 10.9 Å². The number of amides is 2. The van der Waals surface area contributed by atoms with Crippen LogP contribution in [0.1, 0.15) is 46.4 Å². The largest absolute Gasteiger partial charge is 0.271 e. The minimum Gasteiger partial charge on any atom is -0.267 e. The molecular formula is C22H24N4O2.